The van der Waals surface area contributed by atoms with Crippen molar-refractivity contribution in [2.24, 2.45) is 5.92 Å². The van der Waals surface area contributed by atoms with Crippen LogP contribution in [0.3, 0.4) is 0 Å². The Morgan fingerprint density at radius 3 is 2.38 bits per heavy atom. The molecule has 1 aliphatic heterocycles. The molecule has 0 aromatic heterocycles. The lowest BCUT2D eigenvalue weighted by atomic mass is 10.1. The molecule has 1 amide bonds. The van der Waals surface area contributed by atoms with E-state index in [1.165, 1.54) is 24.3 Å². The first-order chi connectivity index (χ1) is 13.8. The molecule has 7 heteroatoms. The number of benzene rings is 2. The minimum atomic E-state index is -0.622. The maximum absolute atomic E-state index is 13.6. The lowest BCUT2D eigenvalue weighted by Gasteiger charge is -2.29. The summed E-state index contributed by atoms with van der Waals surface area (Å²) in [6.07, 6.45) is 0. The van der Waals surface area contributed by atoms with E-state index in [1.54, 1.807) is 28.8 Å². The van der Waals surface area contributed by atoms with Crippen molar-refractivity contribution in [3.8, 4) is 0 Å². The molecule has 0 spiro atoms. The topological polar surface area (TPSA) is 23.6 Å². The zero-order valence-electron chi connectivity index (χ0n) is 16.6. The number of hydrogen-bond donors (Lipinski definition) is 0. The van der Waals surface area contributed by atoms with Crippen molar-refractivity contribution in [2.75, 3.05) is 25.4 Å². The van der Waals surface area contributed by atoms with Crippen molar-refractivity contribution in [1.82, 2.24) is 9.80 Å². The minimum absolute atomic E-state index is 0.0400. The third-order valence-corrected chi connectivity index (χ3v) is 5.94. The van der Waals surface area contributed by atoms with E-state index in [2.05, 4.69) is 0 Å². The highest BCUT2D eigenvalue weighted by Crippen LogP contribution is 2.38. The Morgan fingerprint density at radius 2 is 1.76 bits per heavy atom. The highest BCUT2D eigenvalue weighted by atomic mass is 32.2. The van der Waals surface area contributed by atoms with Crippen LogP contribution >= 0.6 is 11.8 Å². The summed E-state index contributed by atoms with van der Waals surface area (Å²) in [5.74, 6) is -0.484. The van der Waals surface area contributed by atoms with Crippen LogP contribution in [0.2, 0.25) is 0 Å². The fourth-order valence-corrected chi connectivity index (χ4v) is 4.85. The van der Waals surface area contributed by atoms with Gasteiger partial charge < -0.3 is 4.90 Å². The summed E-state index contributed by atoms with van der Waals surface area (Å²) < 4.78 is 40.3. The summed E-state index contributed by atoms with van der Waals surface area (Å²) in [5.41, 5.74) is 1.40. The van der Waals surface area contributed by atoms with Crippen LogP contribution in [0.25, 0.3) is 0 Å². The van der Waals surface area contributed by atoms with E-state index in [0.717, 1.165) is 17.4 Å². The van der Waals surface area contributed by atoms with Crippen LogP contribution in [0, 0.1) is 23.4 Å². The van der Waals surface area contributed by atoms with E-state index >= 15 is 0 Å². The van der Waals surface area contributed by atoms with Crippen molar-refractivity contribution >= 4 is 17.7 Å². The molecule has 0 bridgehead atoms. The van der Waals surface area contributed by atoms with Crippen molar-refractivity contribution in [3.63, 3.8) is 0 Å². The number of hydrogen-bond acceptors (Lipinski definition) is 3. The van der Waals surface area contributed by atoms with Crippen molar-refractivity contribution in [2.45, 2.75) is 25.8 Å². The molecule has 1 saturated heterocycles. The number of carbonyl (C=O) groups excluding carboxylic acids is 1. The molecule has 156 valence electrons. The van der Waals surface area contributed by atoms with E-state index in [4.69, 9.17) is 0 Å². The highest BCUT2D eigenvalue weighted by molar-refractivity contribution is 7.99. The van der Waals surface area contributed by atoms with Gasteiger partial charge in [-0.05, 0) is 41.3 Å². The fraction of sp³-hybridized carbons (Fsp3) is 0.409. The van der Waals surface area contributed by atoms with Crippen molar-refractivity contribution in [1.29, 1.82) is 0 Å². The summed E-state index contributed by atoms with van der Waals surface area (Å²) in [5, 5.41) is -0.143. The van der Waals surface area contributed by atoms with Gasteiger partial charge in [0, 0.05) is 31.5 Å². The van der Waals surface area contributed by atoms with Crippen molar-refractivity contribution < 1.29 is 18.0 Å². The van der Waals surface area contributed by atoms with Gasteiger partial charge in [0.05, 0.1) is 6.54 Å². The molecule has 0 saturated carbocycles. The Hall–Kier alpha value is -1.99. The van der Waals surface area contributed by atoms with Crippen LogP contribution in [0.5, 0.6) is 0 Å². The molecular formula is C22H25F3N2OS. The van der Waals surface area contributed by atoms with Gasteiger partial charge in [-0.1, -0.05) is 26.0 Å². The second-order valence-electron chi connectivity index (χ2n) is 7.70. The molecule has 1 fully saturated rings. The predicted octanol–water partition coefficient (Wildman–Crippen LogP) is 4.84. The molecule has 1 heterocycles. The predicted molar refractivity (Wildman–Crippen MR) is 110 cm³/mol. The van der Waals surface area contributed by atoms with E-state index < -0.39 is 11.6 Å². The molecule has 29 heavy (non-hydrogen) atoms. The monoisotopic (exact) mass is 422 g/mol. The molecule has 1 aliphatic rings. The first-order valence-corrected chi connectivity index (χ1v) is 10.7. The molecule has 0 unspecified atom stereocenters. The number of thioether (sulfide) groups is 1. The number of nitrogens with zero attached hydrogens (tertiary/aromatic N) is 2. The zero-order valence-corrected chi connectivity index (χ0v) is 17.4. The van der Waals surface area contributed by atoms with Gasteiger partial charge in [-0.2, -0.15) is 0 Å². The highest BCUT2D eigenvalue weighted by Gasteiger charge is 2.31. The van der Waals surface area contributed by atoms with Gasteiger partial charge in [0.1, 0.15) is 22.8 Å². The van der Waals surface area contributed by atoms with Crippen LogP contribution < -0.4 is 0 Å². The van der Waals surface area contributed by atoms with E-state index in [-0.39, 0.29) is 23.6 Å². The Bertz CT molecular complexity index is 824. The molecule has 2 aromatic carbocycles. The molecule has 3 rings (SSSR count). The fourth-order valence-electron chi connectivity index (χ4n) is 3.57. The quantitative estimate of drug-likeness (QED) is 0.638. The standard InChI is InChI=1S/C22H25F3N2OS/c1-15(2)12-26(13-16-9-19(24)11-20(25)10-16)14-21(28)27-7-8-29-22(27)17-3-5-18(23)6-4-17/h3-6,9-11,15,22H,7-8,12-14H2,1-2H3/t22-/m0/s1. The maximum Gasteiger partial charge on any atom is 0.237 e. The van der Waals surface area contributed by atoms with Crippen LogP contribution in [0.15, 0.2) is 42.5 Å². The van der Waals surface area contributed by atoms with Crippen LogP contribution in [0.1, 0.15) is 30.3 Å². The van der Waals surface area contributed by atoms with E-state index in [0.29, 0.717) is 31.1 Å². The SMILES string of the molecule is CC(C)CN(CC(=O)N1CCS[C@H]1c1ccc(F)cc1)Cc1cc(F)cc(F)c1. The Kier molecular flexibility index (Phi) is 7.24. The number of amides is 1. The average Bonchev–Trinajstić information content (AvgIpc) is 3.10. The lowest BCUT2D eigenvalue weighted by molar-refractivity contribution is -0.132. The minimum Gasteiger partial charge on any atom is -0.325 e. The van der Waals surface area contributed by atoms with Gasteiger partial charge in [-0.3, -0.25) is 9.69 Å². The summed E-state index contributed by atoms with van der Waals surface area (Å²) >= 11 is 1.65. The zero-order chi connectivity index (χ0) is 21.0. The molecule has 1 atom stereocenters. The molecule has 0 N–H and O–H groups in total. The van der Waals surface area contributed by atoms with Gasteiger partial charge in [0.15, 0.2) is 0 Å². The molecule has 0 aliphatic carbocycles. The largest absolute Gasteiger partial charge is 0.325 e. The van der Waals surface area contributed by atoms with E-state index in [9.17, 15) is 18.0 Å². The molecular weight excluding hydrogens is 397 g/mol. The number of carbonyl (C=O) groups is 1. The smallest absolute Gasteiger partial charge is 0.237 e. The van der Waals surface area contributed by atoms with Gasteiger partial charge in [-0.25, -0.2) is 13.2 Å². The average molecular weight is 423 g/mol. The van der Waals surface area contributed by atoms with Crippen LogP contribution in [-0.4, -0.2) is 41.1 Å². The normalized spacial score (nSPS) is 16.8. The Morgan fingerprint density at radius 1 is 1.10 bits per heavy atom. The van der Waals surface area contributed by atoms with Gasteiger partial charge in [0.25, 0.3) is 0 Å². The summed E-state index contributed by atoms with van der Waals surface area (Å²) in [6.45, 7) is 5.78. The second kappa shape index (κ2) is 9.67. The molecule has 3 nitrogen and oxygen atoms in total. The summed E-state index contributed by atoms with van der Waals surface area (Å²) in [4.78, 5) is 16.8. The lowest BCUT2D eigenvalue weighted by Crippen LogP contribution is -2.41. The number of rotatable bonds is 7. The van der Waals surface area contributed by atoms with E-state index in [1.807, 2.05) is 18.7 Å². The number of halogens is 3. The van der Waals surface area contributed by atoms with Gasteiger partial charge in [-0.15, -0.1) is 11.8 Å². The van der Waals surface area contributed by atoms with Gasteiger partial charge >= 0.3 is 0 Å². The van der Waals surface area contributed by atoms with Crippen LogP contribution in [0.4, 0.5) is 13.2 Å². The first kappa shape index (κ1) is 21.7. The maximum atomic E-state index is 13.6. The first-order valence-electron chi connectivity index (χ1n) is 9.65. The Labute approximate surface area is 173 Å². The Balaban J connectivity index is 1.72. The summed E-state index contributed by atoms with van der Waals surface area (Å²) in [6, 6.07) is 9.67. The second-order valence-corrected chi connectivity index (χ2v) is 8.89. The van der Waals surface area contributed by atoms with Crippen molar-refractivity contribution in [3.05, 3.63) is 71.0 Å². The molecule has 2 aromatic rings. The van der Waals surface area contributed by atoms with Crippen LogP contribution in [-0.2, 0) is 11.3 Å². The van der Waals surface area contributed by atoms with Gasteiger partial charge in [0.2, 0.25) is 5.91 Å². The third kappa shape index (κ3) is 6.00. The summed E-state index contributed by atoms with van der Waals surface area (Å²) in [7, 11) is 0. The third-order valence-electron chi connectivity index (χ3n) is 4.68. The molecule has 0 radical (unpaired) electrons.